The van der Waals surface area contributed by atoms with Crippen molar-refractivity contribution in [2.24, 2.45) is 5.41 Å². The van der Waals surface area contributed by atoms with Crippen molar-refractivity contribution in [1.82, 2.24) is 9.78 Å². The maximum Gasteiger partial charge on any atom is 0.164 e. The van der Waals surface area contributed by atoms with E-state index in [0.29, 0.717) is 37.7 Å². The average molecular weight is 464 g/mol. The maximum absolute atomic E-state index is 12.4. The van der Waals surface area contributed by atoms with Gasteiger partial charge >= 0.3 is 0 Å². The highest BCUT2D eigenvalue weighted by molar-refractivity contribution is 6.35. The number of hydrogen-bond donors (Lipinski definition) is 1. The van der Waals surface area contributed by atoms with Crippen LogP contribution in [0.2, 0.25) is 15.1 Å². The van der Waals surface area contributed by atoms with Gasteiger partial charge in [-0.3, -0.25) is 4.79 Å². The number of aliphatic hydroxyl groups excluding tert-OH is 1. The first kappa shape index (κ1) is 22.4. The topological polar surface area (TPSA) is 55.1 Å². The van der Waals surface area contributed by atoms with Gasteiger partial charge in [-0.2, -0.15) is 5.10 Å². The van der Waals surface area contributed by atoms with Crippen molar-refractivity contribution < 1.29 is 9.90 Å². The van der Waals surface area contributed by atoms with Crippen LogP contribution in [-0.4, -0.2) is 20.7 Å². The Balaban J connectivity index is 2.25. The highest BCUT2D eigenvalue weighted by Crippen LogP contribution is 2.35. The number of aromatic nitrogens is 2. The zero-order valence-electron chi connectivity index (χ0n) is 17.0. The molecule has 2 aromatic carbocycles. The smallest absolute Gasteiger partial charge is 0.164 e. The van der Waals surface area contributed by atoms with Crippen LogP contribution in [0, 0.1) is 12.3 Å². The lowest BCUT2D eigenvalue weighted by atomic mass is 9.90. The summed E-state index contributed by atoms with van der Waals surface area (Å²) in [6, 6.07) is 12.4. The first-order valence-corrected chi connectivity index (χ1v) is 10.4. The maximum atomic E-state index is 12.4. The fourth-order valence-corrected chi connectivity index (χ4v) is 3.54. The SMILES string of the molecule is Cc1c(C(O)=CC(=O)C(C)(C)C)nn(-c2ccc(Cl)cc2Cl)c1-c1ccc(Cl)cc1. The van der Waals surface area contributed by atoms with Gasteiger partial charge in [0.1, 0.15) is 11.5 Å². The summed E-state index contributed by atoms with van der Waals surface area (Å²) < 4.78 is 1.64. The summed E-state index contributed by atoms with van der Waals surface area (Å²) in [5.41, 5.74) is 2.51. The van der Waals surface area contributed by atoms with Gasteiger partial charge in [-0.1, -0.05) is 67.7 Å². The van der Waals surface area contributed by atoms with Crippen molar-refractivity contribution in [1.29, 1.82) is 0 Å². The van der Waals surface area contributed by atoms with Gasteiger partial charge in [-0.15, -0.1) is 0 Å². The predicted molar refractivity (Wildman–Crippen MR) is 124 cm³/mol. The summed E-state index contributed by atoms with van der Waals surface area (Å²) >= 11 is 18.5. The van der Waals surface area contributed by atoms with Crippen LogP contribution in [0.1, 0.15) is 32.0 Å². The molecule has 3 rings (SSSR count). The Labute approximate surface area is 190 Å². The van der Waals surface area contributed by atoms with Crippen LogP contribution >= 0.6 is 34.8 Å². The Kier molecular flexibility index (Phi) is 6.32. The molecule has 1 aromatic heterocycles. The highest BCUT2D eigenvalue weighted by Gasteiger charge is 2.24. The lowest BCUT2D eigenvalue weighted by molar-refractivity contribution is -0.121. The molecule has 0 saturated carbocycles. The van der Waals surface area contributed by atoms with E-state index in [2.05, 4.69) is 5.10 Å². The average Bonchev–Trinajstić information content (AvgIpc) is 2.98. The zero-order valence-corrected chi connectivity index (χ0v) is 19.3. The third-order valence-electron chi connectivity index (χ3n) is 4.63. The number of aliphatic hydroxyl groups is 1. The molecule has 7 heteroatoms. The van der Waals surface area contributed by atoms with Gasteiger partial charge in [0.15, 0.2) is 5.78 Å². The lowest BCUT2D eigenvalue weighted by Crippen LogP contribution is -2.18. The van der Waals surface area contributed by atoms with Crippen molar-refractivity contribution in [3.63, 3.8) is 0 Å². The minimum atomic E-state index is -0.622. The summed E-state index contributed by atoms with van der Waals surface area (Å²) in [4.78, 5) is 12.4. The van der Waals surface area contributed by atoms with E-state index < -0.39 is 5.41 Å². The fraction of sp³-hybridized carbons (Fsp3) is 0.217. The van der Waals surface area contributed by atoms with E-state index in [-0.39, 0.29) is 11.5 Å². The lowest BCUT2D eigenvalue weighted by Gasteiger charge is -2.13. The molecular weight excluding hydrogens is 443 g/mol. The van der Waals surface area contributed by atoms with Crippen LogP contribution in [0.25, 0.3) is 22.7 Å². The van der Waals surface area contributed by atoms with Crippen molar-refractivity contribution >= 4 is 46.3 Å². The standard InChI is InChI=1S/C23H21Cl3N2O2/c1-13-21(19(29)12-20(30)23(2,3)4)27-28(18-10-9-16(25)11-17(18)26)22(13)14-5-7-15(24)8-6-14/h5-12,29H,1-4H3. The molecule has 0 aliphatic carbocycles. The Morgan fingerprint density at radius 3 is 2.20 bits per heavy atom. The zero-order chi connectivity index (χ0) is 22.2. The van der Waals surface area contributed by atoms with Gasteiger partial charge in [0, 0.05) is 32.7 Å². The number of halogens is 3. The molecule has 0 spiro atoms. The molecule has 0 saturated heterocycles. The second-order valence-electron chi connectivity index (χ2n) is 7.98. The van der Waals surface area contributed by atoms with Gasteiger partial charge in [0.25, 0.3) is 0 Å². The molecule has 0 aliphatic rings. The van der Waals surface area contributed by atoms with E-state index in [0.717, 1.165) is 5.56 Å². The van der Waals surface area contributed by atoms with Gasteiger partial charge in [0.2, 0.25) is 0 Å². The number of allylic oxidation sites excluding steroid dienone is 1. The number of nitrogens with zero attached hydrogens (tertiary/aromatic N) is 2. The van der Waals surface area contributed by atoms with E-state index in [1.807, 2.05) is 19.1 Å². The molecule has 1 heterocycles. The van der Waals surface area contributed by atoms with Crippen molar-refractivity contribution in [2.45, 2.75) is 27.7 Å². The first-order chi connectivity index (χ1) is 14.0. The highest BCUT2D eigenvalue weighted by atomic mass is 35.5. The summed E-state index contributed by atoms with van der Waals surface area (Å²) in [7, 11) is 0. The molecule has 156 valence electrons. The second-order valence-corrected chi connectivity index (χ2v) is 9.26. The van der Waals surface area contributed by atoms with Crippen LogP contribution in [0.3, 0.4) is 0 Å². The van der Waals surface area contributed by atoms with Crippen LogP contribution in [0.15, 0.2) is 48.5 Å². The minimum Gasteiger partial charge on any atom is -0.505 e. The quantitative estimate of drug-likeness (QED) is 0.326. The van der Waals surface area contributed by atoms with Crippen molar-refractivity contribution in [2.75, 3.05) is 0 Å². The van der Waals surface area contributed by atoms with Gasteiger partial charge < -0.3 is 5.11 Å². The van der Waals surface area contributed by atoms with E-state index in [1.165, 1.54) is 6.08 Å². The number of carbonyl (C=O) groups excluding carboxylic acids is 1. The molecule has 0 atom stereocenters. The number of hydrogen-bond acceptors (Lipinski definition) is 3. The van der Waals surface area contributed by atoms with Gasteiger partial charge in [-0.05, 0) is 37.3 Å². The van der Waals surface area contributed by atoms with E-state index in [4.69, 9.17) is 34.8 Å². The van der Waals surface area contributed by atoms with Gasteiger partial charge in [-0.25, -0.2) is 4.68 Å². The molecule has 0 aliphatic heterocycles. The summed E-state index contributed by atoms with van der Waals surface area (Å²) in [5.74, 6) is -0.405. The molecule has 30 heavy (non-hydrogen) atoms. The second kappa shape index (κ2) is 8.46. The third-order valence-corrected chi connectivity index (χ3v) is 5.42. The molecule has 0 radical (unpaired) electrons. The number of benzene rings is 2. The Bertz CT molecular complexity index is 1140. The summed E-state index contributed by atoms with van der Waals surface area (Å²) in [6.45, 7) is 7.20. The van der Waals surface area contributed by atoms with Crippen LogP contribution in [0.4, 0.5) is 0 Å². The largest absolute Gasteiger partial charge is 0.505 e. The summed E-state index contributed by atoms with van der Waals surface area (Å²) in [5, 5.41) is 16.8. The van der Waals surface area contributed by atoms with Crippen LogP contribution < -0.4 is 0 Å². The van der Waals surface area contributed by atoms with E-state index in [1.54, 1.807) is 55.8 Å². The number of rotatable bonds is 4. The van der Waals surface area contributed by atoms with Crippen LogP contribution in [0.5, 0.6) is 0 Å². The predicted octanol–water partition coefficient (Wildman–Crippen LogP) is 7.32. The molecule has 3 aromatic rings. The van der Waals surface area contributed by atoms with E-state index >= 15 is 0 Å². The third kappa shape index (κ3) is 4.56. The summed E-state index contributed by atoms with van der Waals surface area (Å²) in [6.07, 6.45) is 1.22. The molecule has 0 unspecified atom stereocenters. The Morgan fingerprint density at radius 2 is 1.63 bits per heavy atom. The molecule has 0 bridgehead atoms. The minimum absolute atomic E-state index is 0.202. The number of carbonyl (C=O) groups is 1. The van der Waals surface area contributed by atoms with Gasteiger partial charge in [0.05, 0.1) is 16.4 Å². The van der Waals surface area contributed by atoms with Crippen molar-refractivity contribution in [3.05, 3.63) is 74.9 Å². The monoisotopic (exact) mass is 462 g/mol. The number of ketones is 1. The molecule has 1 N–H and O–H groups in total. The molecule has 0 amide bonds. The van der Waals surface area contributed by atoms with Crippen LogP contribution in [-0.2, 0) is 4.79 Å². The first-order valence-electron chi connectivity index (χ1n) is 9.25. The molecular formula is C23H21Cl3N2O2. The molecule has 0 fully saturated rings. The van der Waals surface area contributed by atoms with Crippen molar-refractivity contribution in [3.8, 4) is 16.9 Å². The Hall–Kier alpha value is -2.27. The molecule has 4 nitrogen and oxygen atoms in total. The Morgan fingerprint density at radius 1 is 1.03 bits per heavy atom. The fourth-order valence-electron chi connectivity index (χ4n) is 2.92. The van der Waals surface area contributed by atoms with E-state index in [9.17, 15) is 9.90 Å². The normalized spacial score (nSPS) is 12.3.